The van der Waals surface area contributed by atoms with Crippen LogP contribution in [0.5, 0.6) is 0 Å². The maximum Gasteiger partial charge on any atom is 0.416 e. The number of benzene rings is 2. The largest absolute Gasteiger partial charge is 0.416 e. The van der Waals surface area contributed by atoms with Crippen molar-refractivity contribution in [2.45, 2.75) is 12.6 Å². The number of hydrogen-bond acceptors (Lipinski definition) is 3. The molecule has 0 radical (unpaired) electrons. The van der Waals surface area contributed by atoms with Gasteiger partial charge < -0.3 is 16.0 Å². The molecule has 2 rings (SSSR count). The minimum Gasteiger partial charge on any atom is -0.354 e. The van der Waals surface area contributed by atoms with Crippen LogP contribution in [0.4, 0.5) is 17.6 Å². The van der Waals surface area contributed by atoms with Gasteiger partial charge in [0.05, 0.1) is 18.5 Å². The highest BCUT2D eigenvalue weighted by atomic mass is 19.4. The van der Waals surface area contributed by atoms with Crippen molar-refractivity contribution in [3.63, 3.8) is 0 Å². The maximum atomic E-state index is 13.1. The smallest absolute Gasteiger partial charge is 0.354 e. The molecule has 0 unspecified atom stereocenters. The van der Waals surface area contributed by atoms with Crippen LogP contribution in [0.2, 0.25) is 0 Å². The first-order chi connectivity index (χ1) is 14.1. The molecule has 0 saturated carbocycles. The number of halogens is 4. The quantitative estimate of drug-likeness (QED) is 0.447. The van der Waals surface area contributed by atoms with Gasteiger partial charge in [0.25, 0.3) is 5.91 Å². The molecular weight excluding hydrogens is 406 g/mol. The first-order valence-corrected chi connectivity index (χ1v) is 8.88. The molecule has 30 heavy (non-hydrogen) atoms. The Morgan fingerprint density at radius 3 is 2.07 bits per heavy atom. The molecule has 10 heteroatoms. The average molecular weight is 425 g/mol. The summed E-state index contributed by atoms with van der Waals surface area (Å²) in [6, 6.07) is 9.23. The zero-order valence-electron chi connectivity index (χ0n) is 15.7. The number of hydrogen-bond donors (Lipinski definition) is 3. The maximum absolute atomic E-state index is 13.1. The first-order valence-electron chi connectivity index (χ1n) is 8.88. The number of rotatable bonds is 8. The van der Waals surface area contributed by atoms with E-state index < -0.39 is 29.4 Å². The predicted molar refractivity (Wildman–Crippen MR) is 99.9 cm³/mol. The second kappa shape index (κ2) is 10.4. The van der Waals surface area contributed by atoms with Crippen LogP contribution in [-0.2, 0) is 22.2 Å². The molecule has 6 nitrogen and oxygen atoms in total. The number of alkyl halides is 3. The lowest BCUT2D eigenvalue weighted by Crippen LogP contribution is -2.40. The normalized spacial score (nSPS) is 10.9. The Balaban J connectivity index is 1.65. The molecule has 2 aromatic carbocycles. The SMILES string of the molecule is O=C(CNC(=O)c1ccc(C(F)(F)F)cc1)NCCNC(=O)Cc1cccc(F)c1. The van der Waals surface area contributed by atoms with E-state index in [2.05, 4.69) is 16.0 Å². The molecule has 0 heterocycles. The summed E-state index contributed by atoms with van der Waals surface area (Å²) in [4.78, 5) is 35.3. The van der Waals surface area contributed by atoms with Gasteiger partial charge in [-0.1, -0.05) is 12.1 Å². The number of nitrogens with one attached hydrogen (secondary N) is 3. The second-order valence-corrected chi connectivity index (χ2v) is 6.26. The van der Waals surface area contributed by atoms with E-state index in [1.807, 2.05) is 0 Å². The monoisotopic (exact) mass is 425 g/mol. The summed E-state index contributed by atoms with van der Waals surface area (Å²) in [7, 11) is 0. The van der Waals surface area contributed by atoms with Crippen molar-refractivity contribution < 1.29 is 31.9 Å². The lowest BCUT2D eigenvalue weighted by atomic mass is 10.1. The van der Waals surface area contributed by atoms with Gasteiger partial charge in [-0.25, -0.2) is 4.39 Å². The summed E-state index contributed by atoms with van der Waals surface area (Å²) in [5.74, 6) is -2.01. The number of carbonyl (C=O) groups is 3. The van der Waals surface area contributed by atoms with Gasteiger partial charge in [-0.15, -0.1) is 0 Å². The van der Waals surface area contributed by atoms with Crippen molar-refractivity contribution in [3.05, 3.63) is 71.0 Å². The van der Waals surface area contributed by atoms with E-state index in [1.54, 1.807) is 6.07 Å². The molecule has 2 aromatic rings. The van der Waals surface area contributed by atoms with Crippen LogP contribution in [0.3, 0.4) is 0 Å². The van der Waals surface area contributed by atoms with E-state index in [0.717, 1.165) is 24.3 Å². The lowest BCUT2D eigenvalue weighted by molar-refractivity contribution is -0.137. The van der Waals surface area contributed by atoms with Crippen molar-refractivity contribution in [1.29, 1.82) is 0 Å². The third-order valence-electron chi connectivity index (χ3n) is 3.91. The summed E-state index contributed by atoms with van der Waals surface area (Å²) in [6.07, 6.45) is -4.50. The van der Waals surface area contributed by atoms with E-state index in [0.29, 0.717) is 5.56 Å². The zero-order valence-corrected chi connectivity index (χ0v) is 15.7. The minimum atomic E-state index is -4.50. The van der Waals surface area contributed by atoms with Crippen molar-refractivity contribution in [1.82, 2.24) is 16.0 Å². The Morgan fingerprint density at radius 1 is 0.833 bits per heavy atom. The van der Waals surface area contributed by atoms with E-state index in [9.17, 15) is 31.9 Å². The molecule has 0 aliphatic rings. The van der Waals surface area contributed by atoms with E-state index in [4.69, 9.17) is 0 Å². The van der Waals surface area contributed by atoms with Gasteiger partial charge in [0.15, 0.2) is 0 Å². The highest BCUT2D eigenvalue weighted by molar-refractivity contribution is 5.96. The van der Waals surface area contributed by atoms with Crippen LogP contribution >= 0.6 is 0 Å². The fourth-order valence-electron chi connectivity index (χ4n) is 2.43. The fourth-order valence-corrected chi connectivity index (χ4v) is 2.43. The molecule has 0 saturated heterocycles. The molecule has 0 spiro atoms. The fraction of sp³-hybridized carbons (Fsp3) is 0.250. The van der Waals surface area contributed by atoms with E-state index >= 15 is 0 Å². The third-order valence-corrected chi connectivity index (χ3v) is 3.91. The van der Waals surface area contributed by atoms with Crippen LogP contribution in [-0.4, -0.2) is 37.4 Å². The zero-order chi connectivity index (χ0) is 22.1. The van der Waals surface area contributed by atoms with Gasteiger partial charge >= 0.3 is 6.18 Å². The highest BCUT2D eigenvalue weighted by Gasteiger charge is 2.30. The average Bonchev–Trinajstić information content (AvgIpc) is 2.69. The summed E-state index contributed by atoms with van der Waals surface area (Å²) in [5.41, 5.74) is -0.376. The molecular formula is C20H19F4N3O3. The first kappa shape index (κ1) is 22.9. The van der Waals surface area contributed by atoms with Crippen LogP contribution in [0, 0.1) is 5.82 Å². The topological polar surface area (TPSA) is 87.3 Å². The third kappa shape index (κ3) is 7.53. The number of amides is 3. The lowest BCUT2D eigenvalue weighted by Gasteiger charge is -2.09. The molecule has 3 amide bonds. The molecule has 0 aromatic heterocycles. The second-order valence-electron chi connectivity index (χ2n) is 6.26. The van der Waals surface area contributed by atoms with Gasteiger partial charge in [-0.3, -0.25) is 14.4 Å². The molecule has 160 valence electrons. The van der Waals surface area contributed by atoms with Gasteiger partial charge in [0.1, 0.15) is 5.82 Å². The molecule has 0 bridgehead atoms. The summed E-state index contributed by atoms with van der Waals surface area (Å²) in [6.45, 7) is -0.145. The summed E-state index contributed by atoms with van der Waals surface area (Å²) in [5, 5.41) is 7.32. The summed E-state index contributed by atoms with van der Waals surface area (Å²) < 4.78 is 50.6. The Kier molecular flexibility index (Phi) is 7.90. The predicted octanol–water partition coefficient (Wildman–Crippen LogP) is 2.05. The van der Waals surface area contributed by atoms with Crippen molar-refractivity contribution >= 4 is 17.7 Å². The summed E-state index contributed by atoms with van der Waals surface area (Å²) >= 11 is 0. The molecule has 0 aliphatic heterocycles. The van der Waals surface area contributed by atoms with Crippen LogP contribution in [0.25, 0.3) is 0 Å². The van der Waals surface area contributed by atoms with Gasteiger partial charge in [-0.05, 0) is 42.0 Å². The van der Waals surface area contributed by atoms with Gasteiger partial charge in [0, 0.05) is 18.7 Å². The van der Waals surface area contributed by atoms with Crippen molar-refractivity contribution in [2.75, 3.05) is 19.6 Å². The van der Waals surface area contributed by atoms with Crippen LogP contribution < -0.4 is 16.0 Å². The highest BCUT2D eigenvalue weighted by Crippen LogP contribution is 2.29. The minimum absolute atomic E-state index is 0.00507. The van der Waals surface area contributed by atoms with Gasteiger partial charge in [-0.2, -0.15) is 13.2 Å². The number of carbonyl (C=O) groups excluding carboxylic acids is 3. The Bertz CT molecular complexity index is 899. The molecule has 0 fully saturated rings. The van der Waals surface area contributed by atoms with Crippen LogP contribution in [0.1, 0.15) is 21.5 Å². The Morgan fingerprint density at radius 2 is 1.47 bits per heavy atom. The van der Waals surface area contributed by atoms with Crippen molar-refractivity contribution in [3.8, 4) is 0 Å². The Hall–Kier alpha value is -3.43. The van der Waals surface area contributed by atoms with Crippen molar-refractivity contribution in [2.24, 2.45) is 0 Å². The standard InChI is InChI=1S/C20H19F4N3O3/c21-16-3-1-2-13(10-16)11-17(28)25-8-9-26-18(29)12-27-19(30)14-4-6-15(7-5-14)20(22,23)24/h1-7,10H,8-9,11-12H2,(H,25,28)(H,26,29)(H,27,30). The van der Waals surface area contributed by atoms with E-state index in [-0.39, 0.29) is 37.5 Å². The van der Waals surface area contributed by atoms with Gasteiger partial charge in [0.2, 0.25) is 11.8 Å². The van der Waals surface area contributed by atoms with E-state index in [1.165, 1.54) is 18.2 Å². The molecule has 0 aliphatic carbocycles. The molecule has 0 atom stereocenters. The molecule has 3 N–H and O–H groups in total. The van der Waals surface area contributed by atoms with Crippen LogP contribution in [0.15, 0.2) is 48.5 Å². The Labute approximate surface area is 169 Å².